The van der Waals surface area contributed by atoms with Gasteiger partial charge in [0.15, 0.2) is 0 Å². The zero-order chi connectivity index (χ0) is 7.78. The Morgan fingerprint density at radius 3 is 2.50 bits per heavy atom. The highest BCUT2D eigenvalue weighted by atomic mass is 16.5. The fraction of sp³-hybridized carbons (Fsp3) is 1.00. The third-order valence-corrected chi connectivity index (χ3v) is 2.09. The predicted octanol–water partition coefficient (Wildman–Crippen LogP) is 1.18. The van der Waals surface area contributed by atoms with Crippen LogP contribution in [-0.2, 0) is 4.74 Å². The molecule has 0 aromatic rings. The van der Waals surface area contributed by atoms with Gasteiger partial charge in [-0.1, -0.05) is 6.92 Å². The van der Waals surface area contributed by atoms with E-state index in [2.05, 4.69) is 0 Å². The Hall–Kier alpha value is -0.0800. The molecule has 1 N–H and O–H groups in total. The van der Waals surface area contributed by atoms with Crippen LogP contribution in [0.1, 0.15) is 27.2 Å². The molecule has 2 heteroatoms. The molecule has 1 rings (SSSR count). The molecule has 0 saturated carbocycles. The summed E-state index contributed by atoms with van der Waals surface area (Å²) in [7, 11) is 0. The van der Waals surface area contributed by atoms with Gasteiger partial charge in [-0.25, -0.2) is 0 Å². The molecule has 0 unspecified atom stereocenters. The van der Waals surface area contributed by atoms with Gasteiger partial charge in [-0.2, -0.15) is 0 Å². The van der Waals surface area contributed by atoms with Crippen molar-refractivity contribution in [1.82, 2.24) is 0 Å². The van der Waals surface area contributed by atoms with Gasteiger partial charge in [0.05, 0.1) is 18.3 Å². The van der Waals surface area contributed by atoms with Crippen LogP contribution in [0.25, 0.3) is 0 Å². The zero-order valence-corrected chi connectivity index (χ0v) is 6.92. The Balaban J connectivity index is 2.49. The SMILES string of the molecule is C[C@H]1COC(C)(C)C[C@@H]1O. The minimum Gasteiger partial charge on any atom is -0.393 e. The standard InChI is InChI=1S/C8H16O2/c1-6-5-10-8(2,3)4-7(6)9/h6-7,9H,4-5H2,1-3H3/t6-,7-/m0/s1. The van der Waals surface area contributed by atoms with Gasteiger partial charge in [0.1, 0.15) is 0 Å². The molecule has 60 valence electrons. The first-order valence-corrected chi connectivity index (χ1v) is 3.83. The lowest BCUT2D eigenvalue weighted by Gasteiger charge is -2.36. The summed E-state index contributed by atoms with van der Waals surface area (Å²) in [5, 5.41) is 9.43. The minimum absolute atomic E-state index is 0.119. The molecule has 0 radical (unpaired) electrons. The highest BCUT2D eigenvalue weighted by Gasteiger charge is 2.31. The molecule has 0 spiro atoms. The van der Waals surface area contributed by atoms with Gasteiger partial charge >= 0.3 is 0 Å². The van der Waals surface area contributed by atoms with Crippen molar-refractivity contribution < 1.29 is 9.84 Å². The van der Waals surface area contributed by atoms with Crippen LogP contribution in [0.2, 0.25) is 0 Å². The Kier molecular flexibility index (Phi) is 2.02. The van der Waals surface area contributed by atoms with E-state index in [4.69, 9.17) is 4.74 Å². The summed E-state index contributed by atoms with van der Waals surface area (Å²) in [6.45, 7) is 6.73. The molecule has 10 heavy (non-hydrogen) atoms. The maximum atomic E-state index is 9.43. The maximum absolute atomic E-state index is 9.43. The van der Waals surface area contributed by atoms with Crippen molar-refractivity contribution >= 4 is 0 Å². The van der Waals surface area contributed by atoms with Gasteiger partial charge in [-0.15, -0.1) is 0 Å². The lowest BCUT2D eigenvalue weighted by molar-refractivity contribution is -0.124. The van der Waals surface area contributed by atoms with Crippen LogP contribution in [0.15, 0.2) is 0 Å². The largest absolute Gasteiger partial charge is 0.393 e. The Morgan fingerprint density at radius 2 is 2.10 bits per heavy atom. The van der Waals surface area contributed by atoms with Crippen molar-refractivity contribution in [3.05, 3.63) is 0 Å². The van der Waals surface area contributed by atoms with Crippen LogP contribution in [0.4, 0.5) is 0 Å². The van der Waals surface area contributed by atoms with Gasteiger partial charge in [0.25, 0.3) is 0 Å². The molecule has 0 aromatic heterocycles. The summed E-state index contributed by atoms with van der Waals surface area (Å²) in [5.41, 5.74) is -0.119. The van der Waals surface area contributed by atoms with Crippen molar-refractivity contribution in [3.8, 4) is 0 Å². The van der Waals surface area contributed by atoms with E-state index in [0.717, 1.165) is 6.42 Å². The summed E-state index contributed by atoms with van der Waals surface area (Å²) in [4.78, 5) is 0. The highest BCUT2D eigenvalue weighted by Crippen LogP contribution is 2.26. The Labute approximate surface area is 62.2 Å². The average molecular weight is 144 g/mol. The second-order valence-corrected chi connectivity index (χ2v) is 3.82. The molecule has 0 amide bonds. The number of hydrogen-bond donors (Lipinski definition) is 1. The number of rotatable bonds is 0. The average Bonchev–Trinajstić information content (AvgIpc) is 1.79. The van der Waals surface area contributed by atoms with E-state index >= 15 is 0 Å². The van der Waals surface area contributed by atoms with E-state index in [1.807, 2.05) is 20.8 Å². The van der Waals surface area contributed by atoms with Gasteiger partial charge in [-0.05, 0) is 13.8 Å². The van der Waals surface area contributed by atoms with Gasteiger partial charge in [0, 0.05) is 12.3 Å². The molecule has 0 aliphatic carbocycles. The minimum atomic E-state index is -0.177. The lowest BCUT2D eigenvalue weighted by Crippen LogP contribution is -2.41. The summed E-state index contributed by atoms with van der Waals surface area (Å²) in [6.07, 6.45) is 0.581. The molecule has 1 heterocycles. The maximum Gasteiger partial charge on any atom is 0.0651 e. The number of ether oxygens (including phenoxy) is 1. The van der Waals surface area contributed by atoms with Gasteiger partial charge < -0.3 is 9.84 Å². The second kappa shape index (κ2) is 2.51. The summed E-state index contributed by atoms with van der Waals surface area (Å²) < 4.78 is 5.49. The Morgan fingerprint density at radius 1 is 1.50 bits per heavy atom. The van der Waals surface area contributed by atoms with E-state index in [1.165, 1.54) is 0 Å². The number of aliphatic hydroxyl groups excluding tert-OH is 1. The van der Waals surface area contributed by atoms with Crippen LogP contribution in [0, 0.1) is 5.92 Å². The fourth-order valence-electron chi connectivity index (χ4n) is 1.23. The fourth-order valence-corrected chi connectivity index (χ4v) is 1.23. The van der Waals surface area contributed by atoms with Gasteiger partial charge in [0.2, 0.25) is 0 Å². The number of aliphatic hydroxyl groups is 1. The molecule has 2 atom stereocenters. The van der Waals surface area contributed by atoms with Crippen molar-refractivity contribution in [2.45, 2.75) is 38.9 Å². The number of hydrogen-bond acceptors (Lipinski definition) is 2. The molecule has 1 aliphatic heterocycles. The summed E-state index contributed by atoms with van der Waals surface area (Å²) >= 11 is 0. The van der Waals surface area contributed by atoms with Crippen LogP contribution in [0.5, 0.6) is 0 Å². The van der Waals surface area contributed by atoms with Crippen LogP contribution in [0.3, 0.4) is 0 Å². The van der Waals surface area contributed by atoms with Crippen LogP contribution < -0.4 is 0 Å². The van der Waals surface area contributed by atoms with E-state index in [0.29, 0.717) is 12.5 Å². The molecular formula is C8H16O2. The van der Waals surface area contributed by atoms with Crippen molar-refractivity contribution in [3.63, 3.8) is 0 Å². The van der Waals surface area contributed by atoms with Crippen molar-refractivity contribution in [2.24, 2.45) is 5.92 Å². The predicted molar refractivity (Wildman–Crippen MR) is 39.8 cm³/mol. The smallest absolute Gasteiger partial charge is 0.0651 e. The highest BCUT2D eigenvalue weighted by molar-refractivity contribution is 4.81. The Bertz CT molecular complexity index is 120. The first-order valence-electron chi connectivity index (χ1n) is 3.83. The molecule has 1 aliphatic rings. The third-order valence-electron chi connectivity index (χ3n) is 2.09. The quantitative estimate of drug-likeness (QED) is 0.553. The topological polar surface area (TPSA) is 29.5 Å². The summed E-state index contributed by atoms with van der Waals surface area (Å²) in [5.74, 6) is 0.299. The molecule has 2 nitrogen and oxygen atoms in total. The first kappa shape index (κ1) is 8.02. The zero-order valence-electron chi connectivity index (χ0n) is 6.92. The molecule has 0 bridgehead atoms. The molecular weight excluding hydrogens is 128 g/mol. The van der Waals surface area contributed by atoms with E-state index < -0.39 is 0 Å². The van der Waals surface area contributed by atoms with Crippen LogP contribution in [-0.4, -0.2) is 23.4 Å². The van der Waals surface area contributed by atoms with Crippen molar-refractivity contribution in [1.29, 1.82) is 0 Å². The monoisotopic (exact) mass is 144 g/mol. The van der Waals surface area contributed by atoms with E-state index in [-0.39, 0.29) is 11.7 Å². The van der Waals surface area contributed by atoms with Crippen molar-refractivity contribution in [2.75, 3.05) is 6.61 Å². The second-order valence-electron chi connectivity index (χ2n) is 3.82. The first-order chi connectivity index (χ1) is 4.51. The molecule has 1 saturated heterocycles. The van der Waals surface area contributed by atoms with Gasteiger partial charge in [-0.3, -0.25) is 0 Å². The normalized spacial score (nSPS) is 39.6. The third kappa shape index (κ3) is 1.70. The van der Waals surface area contributed by atoms with Crippen LogP contribution >= 0.6 is 0 Å². The van der Waals surface area contributed by atoms with E-state index in [9.17, 15) is 5.11 Å². The summed E-state index contributed by atoms with van der Waals surface area (Å²) in [6, 6.07) is 0. The lowest BCUT2D eigenvalue weighted by atomic mass is 9.90. The molecule has 1 fully saturated rings. The van der Waals surface area contributed by atoms with E-state index in [1.54, 1.807) is 0 Å². The molecule has 0 aromatic carbocycles.